The molecule has 152 valence electrons. The Morgan fingerprint density at radius 3 is 2.78 bits per heavy atom. The first-order valence-corrected chi connectivity index (χ1v) is 11.2. The normalized spacial score (nSPS) is 20.0. The summed E-state index contributed by atoms with van der Waals surface area (Å²) in [5.41, 5.74) is 0. The molecule has 1 unspecified atom stereocenters. The van der Waals surface area contributed by atoms with Gasteiger partial charge in [0.2, 0.25) is 0 Å². The van der Waals surface area contributed by atoms with Gasteiger partial charge in [-0.1, -0.05) is 38.5 Å². The first-order chi connectivity index (χ1) is 13.3. The average molecular weight is 375 g/mol. The van der Waals surface area contributed by atoms with Gasteiger partial charge in [-0.2, -0.15) is 0 Å². The number of aliphatic imine (C=N–C) groups is 1. The molecule has 1 aromatic heterocycles. The van der Waals surface area contributed by atoms with E-state index < -0.39 is 0 Å². The monoisotopic (exact) mass is 374 g/mol. The summed E-state index contributed by atoms with van der Waals surface area (Å²) < 4.78 is 2.28. The molecule has 1 aliphatic carbocycles. The summed E-state index contributed by atoms with van der Waals surface area (Å²) in [6, 6.07) is 0.445. The van der Waals surface area contributed by atoms with Crippen molar-refractivity contribution in [3.63, 3.8) is 0 Å². The van der Waals surface area contributed by atoms with E-state index in [1.165, 1.54) is 64.2 Å². The average Bonchev–Trinajstić information content (AvgIpc) is 2.91. The highest BCUT2D eigenvalue weighted by atomic mass is 15.3. The van der Waals surface area contributed by atoms with E-state index in [1.807, 2.05) is 0 Å². The SMILES string of the molecule is CCNC(=NCc1nnc2n1CCCCC2)NC(C)CCC1CCCCC1. The third-order valence-corrected chi connectivity index (χ3v) is 6.02. The van der Waals surface area contributed by atoms with Gasteiger partial charge in [-0.3, -0.25) is 0 Å². The van der Waals surface area contributed by atoms with Crippen molar-refractivity contribution in [2.24, 2.45) is 10.9 Å². The van der Waals surface area contributed by atoms with Gasteiger partial charge in [0.1, 0.15) is 12.4 Å². The highest BCUT2D eigenvalue weighted by molar-refractivity contribution is 5.79. The van der Waals surface area contributed by atoms with Gasteiger partial charge in [0.05, 0.1) is 0 Å². The van der Waals surface area contributed by atoms with E-state index in [1.54, 1.807) is 0 Å². The predicted octanol–water partition coefficient (Wildman–Crippen LogP) is 3.81. The minimum Gasteiger partial charge on any atom is -0.357 e. The van der Waals surface area contributed by atoms with Crippen LogP contribution in [0.3, 0.4) is 0 Å². The van der Waals surface area contributed by atoms with Crippen LogP contribution in [0.25, 0.3) is 0 Å². The first kappa shape index (κ1) is 20.2. The fourth-order valence-corrected chi connectivity index (χ4v) is 4.40. The minimum atomic E-state index is 0.445. The number of aromatic nitrogens is 3. The molecule has 1 saturated carbocycles. The maximum Gasteiger partial charge on any atom is 0.191 e. The number of hydrogen-bond acceptors (Lipinski definition) is 3. The molecule has 1 aliphatic heterocycles. The van der Waals surface area contributed by atoms with Gasteiger partial charge < -0.3 is 15.2 Å². The molecule has 3 rings (SSSR count). The highest BCUT2D eigenvalue weighted by Gasteiger charge is 2.16. The van der Waals surface area contributed by atoms with Gasteiger partial charge in [-0.15, -0.1) is 10.2 Å². The van der Waals surface area contributed by atoms with E-state index in [2.05, 4.69) is 39.2 Å². The van der Waals surface area contributed by atoms with Crippen LogP contribution < -0.4 is 10.6 Å². The second-order valence-corrected chi connectivity index (χ2v) is 8.32. The molecule has 1 atom stereocenters. The molecular weight excluding hydrogens is 336 g/mol. The van der Waals surface area contributed by atoms with Crippen molar-refractivity contribution in [3.8, 4) is 0 Å². The minimum absolute atomic E-state index is 0.445. The topological polar surface area (TPSA) is 67.1 Å². The van der Waals surface area contributed by atoms with Crippen LogP contribution in [0.5, 0.6) is 0 Å². The maximum absolute atomic E-state index is 4.80. The van der Waals surface area contributed by atoms with Gasteiger partial charge >= 0.3 is 0 Å². The smallest absolute Gasteiger partial charge is 0.191 e. The quantitative estimate of drug-likeness (QED) is 0.562. The van der Waals surface area contributed by atoms with Gasteiger partial charge in [-0.25, -0.2) is 4.99 Å². The second kappa shape index (κ2) is 10.7. The molecule has 6 heteroatoms. The molecule has 1 aromatic rings. The lowest BCUT2D eigenvalue weighted by Crippen LogP contribution is -2.42. The maximum atomic E-state index is 4.80. The summed E-state index contributed by atoms with van der Waals surface area (Å²) in [5.74, 6) is 3.98. The van der Waals surface area contributed by atoms with E-state index >= 15 is 0 Å². The number of nitrogens with zero attached hydrogens (tertiary/aromatic N) is 4. The Morgan fingerprint density at radius 1 is 1.15 bits per heavy atom. The van der Waals surface area contributed by atoms with Crippen LogP contribution in [0.1, 0.15) is 89.7 Å². The summed E-state index contributed by atoms with van der Waals surface area (Å²) in [4.78, 5) is 4.80. The second-order valence-electron chi connectivity index (χ2n) is 8.32. The molecular formula is C21H38N6. The lowest BCUT2D eigenvalue weighted by atomic mass is 9.85. The summed E-state index contributed by atoms with van der Waals surface area (Å²) >= 11 is 0. The molecule has 2 aliphatic rings. The number of rotatable bonds is 7. The van der Waals surface area contributed by atoms with E-state index in [0.29, 0.717) is 12.6 Å². The molecule has 2 N–H and O–H groups in total. The molecule has 0 bridgehead atoms. The largest absolute Gasteiger partial charge is 0.357 e. The number of nitrogens with one attached hydrogen (secondary N) is 2. The number of guanidine groups is 1. The van der Waals surface area contributed by atoms with Crippen LogP contribution in [0.2, 0.25) is 0 Å². The van der Waals surface area contributed by atoms with Crippen molar-refractivity contribution in [1.82, 2.24) is 25.4 Å². The molecule has 2 heterocycles. The molecule has 6 nitrogen and oxygen atoms in total. The third-order valence-electron chi connectivity index (χ3n) is 6.02. The van der Waals surface area contributed by atoms with Crippen molar-refractivity contribution in [1.29, 1.82) is 0 Å². The van der Waals surface area contributed by atoms with Gasteiger partial charge in [-0.05, 0) is 45.4 Å². The Hall–Kier alpha value is -1.59. The molecule has 0 aromatic carbocycles. The summed E-state index contributed by atoms with van der Waals surface area (Å²) in [7, 11) is 0. The van der Waals surface area contributed by atoms with Crippen LogP contribution in [-0.4, -0.2) is 33.3 Å². The molecule has 0 radical (unpaired) electrons. The summed E-state index contributed by atoms with van der Waals surface area (Å²) in [5, 5.41) is 15.8. The van der Waals surface area contributed by atoms with Crippen molar-refractivity contribution in [2.75, 3.05) is 6.54 Å². The van der Waals surface area contributed by atoms with E-state index in [9.17, 15) is 0 Å². The Bertz CT molecular complexity index is 587. The fourth-order valence-electron chi connectivity index (χ4n) is 4.40. The third kappa shape index (κ3) is 6.22. The Labute approximate surface area is 164 Å². The van der Waals surface area contributed by atoms with Crippen molar-refractivity contribution >= 4 is 5.96 Å². The van der Waals surface area contributed by atoms with E-state index in [4.69, 9.17) is 4.99 Å². The van der Waals surface area contributed by atoms with E-state index in [-0.39, 0.29) is 0 Å². The molecule has 0 spiro atoms. The summed E-state index contributed by atoms with van der Waals surface area (Å²) in [6.07, 6.45) is 14.5. The van der Waals surface area contributed by atoms with E-state index in [0.717, 1.165) is 43.0 Å². The van der Waals surface area contributed by atoms with Gasteiger partial charge in [0.25, 0.3) is 0 Å². The van der Waals surface area contributed by atoms with Crippen LogP contribution in [0.4, 0.5) is 0 Å². The van der Waals surface area contributed by atoms with Crippen molar-refractivity contribution < 1.29 is 0 Å². The number of aryl methyl sites for hydroxylation is 1. The molecule has 0 amide bonds. The van der Waals surface area contributed by atoms with Crippen LogP contribution >= 0.6 is 0 Å². The van der Waals surface area contributed by atoms with Crippen molar-refractivity contribution in [2.45, 2.75) is 104 Å². The zero-order valence-electron chi connectivity index (χ0n) is 17.3. The van der Waals surface area contributed by atoms with Crippen LogP contribution in [-0.2, 0) is 19.5 Å². The molecule has 1 fully saturated rings. The molecule has 27 heavy (non-hydrogen) atoms. The number of hydrogen-bond donors (Lipinski definition) is 2. The summed E-state index contributed by atoms with van der Waals surface area (Å²) in [6.45, 7) is 6.90. The lowest BCUT2D eigenvalue weighted by Gasteiger charge is -2.24. The number of fused-ring (bicyclic) bond motifs is 1. The standard InChI is InChI=1S/C21H38N6/c1-3-22-21(24-17(2)13-14-18-10-6-4-7-11-18)23-16-20-26-25-19-12-8-5-9-15-27(19)20/h17-18H,3-16H2,1-2H3,(H2,22,23,24). The van der Waals surface area contributed by atoms with Crippen LogP contribution in [0.15, 0.2) is 4.99 Å². The highest BCUT2D eigenvalue weighted by Crippen LogP contribution is 2.27. The molecule has 0 saturated heterocycles. The van der Waals surface area contributed by atoms with Crippen LogP contribution in [0, 0.1) is 5.92 Å². The first-order valence-electron chi connectivity index (χ1n) is 11.2. The van der Waals surface area contributed by atoms with Crippen molar-refractivity contribution in [3.05, 3.63) is 11.6 Å². The zero-order valence-corrected chi connectivity index (χ0v) is 17.3. The lowest BCUT2D eigenvalue weighted by molar-refractivity contribution is 0.322. The predicted molar refractivity (Wildman–Crippen MR) is 111 cm³/mol. The zero-order chi connectivity index (χ0) is 18.9. The fraction of sp³-hybridized carbons (Fsp3) is 0.857. The Kier molecular flexibility index (Phi) is 7.96. The Balaban J connectivity index is 1.52. The Morgan fingerprint density at radius 2 is 1.96 bits per heavy atom. The van der Waals surface area contributed by atoms with Gasteiger partial charge in [0, 0.05) is 25.6 Å². The van der Waals surface area contributed by atoms with Gasteiger partial charge in [0.15, 0.2) is 11.8 Å².